The maximum Gasteiger partial charge on any atom is 1.00 e. The van der Waals surface area contributed by atoms with Gasteiger partial charge in [-0.1, -0.05) is 39.0 Å². The molecule has 0 amide bonds. The Labute approximate surface area is 119 Å². The SMILES string of the molecule is CCc1cccc(C(=O)[O-])c1C(C)CC.[Na+]. The van der Waals surface area contributed by atoms with E-state index in [1.54, 1.807) is 12.1 Å². The fourth-order valence-electron chi connectivity index (χ4n) is 1.89. The molecule has 1 aromatic carbocycles. The van der Waals surface area contributed by atoms with Gasteiger partial charge in [0.05, 0.1) is 5.97 Å². The summed E-state index contributed by atoms with van der Waals surface area (Å²) in [7, 11) is 0. The molecule has 0 heterocycles. The Morgan fingerprint density at radius 1 is 1.38 bits per heavy atom. The molecule has 1 unspecified atom stereocenters. The fraction of sp³-hybridized carbons (Fsp3) is 0.462. The number of hydrogen-bond donors (Lipinski definition) is 0. The molecule has 0 bridgehead atoms. The molecular weight excluding hydrogens is 211 g/mol. The summed E-state index contributed by atoms with van der Waals surface area (Å²) in [5.41, 5.74) is 2.41. The number of carboxylic acid groups (broad SMARTS) is 1. The molecule has 1 rings (SSSR count). The van der Waals surface area contributed by atoms with Crippen LogP contribution in [0.4, 0.5) is 0 Å². The third-order valence-corrected chi connectivity index (χ3v) is 2.90. The van der Waals surface area contributed by atoms with Crippen LogP contribution in [-0.2, 0) is 6.42 Å². The molecule has 82 valence electrons. The summed E-state index contributed by atoms with van der Waals surface area (Å²) in [4.78, 5) is 11.0. The molecule has 0 aliphatic carbocycles. The summed E-state index contributed by atoms with van der Waals surface area (Å²) >= 11 is 0. The van der Waals surface area contributed by atoms with Gasteiger partial charge in [0.2, 0.25) is 0 Å². The molecule has 0 N–H and O–H groups in total. The second-order valence-corrected chi connectivity index (χ2v) is 3.83. The van der Waals surface area contributed by atoms with Gasteiger partial charge in [-0.2, -0.15) is 0 Å². The van der Waals surface area contributed by atoms with Crippen LogP contribution in [-0.4, -0.2) is 5.97 Å². The van der Waals surface area contributed by atoms with Gasteiger partial charge >= 0.3 is 29.6 Å². The van der Waals surface area contributed by atoms with Crippen molar-refractivity contribution in [3.8, 4) is 0 Å². The van der Waals surface area contributed by atoms with Gasteiger partial charge in [-0.25, -0.2) is 0 Å². The quantitative estimate of drug-likeness (QED) is 0.629. The molecule has 0 spiro atoms. The first-order valence-corrected chi connectivity index (χ1v) is 5.44. The van der Waals surface area contributed by atoms with Crippen molar-refractivity contribution in [3.63, 3.8) is 0 Å². The summed E-state index contributed by atoms with van der Waals surface area (Å²) in [6, 6.07) is 5.42. The van der Waals surface area contributed by atoms with Crippen molar-refractivity contribution in [2.75, 3.05) is 0 Å². The summed E-state index contributed by atoms with van der Waals surface area (Å²) in [5, 5.41) is 11.0. The van der Waals surface area contributed by atoms with Crippen molar-refractivity contribution in [1.29, 1.82) is 0 Å². The fourth-order valence-corrected chi connectivity index (χ4v) is 1.89. The number of carbonyl (C=O) groups is 1. The van der Waals surface area contributed by atoms with Crippen LogP contribution in [0.25, 0.3) is 0 Å². The van der Waals surface area contributed by atoms with Gasteiger partial charge in [-0.05, 0) is 29.9 Å². The van der Waals surface area contributed by atoms with E-state index in [0.29, 0.717) is 5.56 Å². The predicted octanol–water partition coefficient (Wildman–Crippen LogP) is -0.870. The van der Waals surface area contributed by atoms with Crippen LogP contribution >= 0.6 is 0 Å². The number of benzene rings is 1. The molecule has 1 aromatic rings. The third-order valence-electron chi connectivity index (χ3n) is 2.90. The standard InChI is InChI=1S/C13H18O2.Na/c1-4-9(3)12-10(5-2)7-6-8-11(12)13(14)15;/h6-9H,4-5H2,1-3H3,(H,14,15);/q;+1/p-1. The Bertz CT molecular complexity index is 361. The van der Waals surface area contributed by atoms with Gasteiger partial charge in [-0.3, -0.25) is 0 Å². The molecule has 0 aromatic heterocycles. The van der Waals surface area contributed by atoms with Gasteiger partial charge in [-0.15, -0.1) is 0 Å². The average Bonchev–Trinajstić information content (AvgIpc) is 2.26. The largest absolute Gasteiger partial charge is 1.00 e. The van der Waals surface area contributed by atoms with Gasteiger partial charge in [0.1, 0.15) is 0 Å². The molecule has 0 fully saturated rings. The van der Waals surface area contributed by atoms with Crippen molar-refractivity contribution < 1.29 is 39.5 Å². The summed E-state index contributed by atoms with van der Waals surface area (Å²) in [6.07, 6.45) is 1.80. The first-order valence-electron chi connectivity index (χ1n) is 5.44. The van der Waals surface area contributed by atoms with Crippen LogP contribution in [0.15, 0.2) is 18.2 Å². The molecule has 0 radical (unpaired) electrons. The smallest absolute Gasteiger partial charge is 0.545 e. The molecule has 0 saturated heterocycles. The summed E-state index contributed by atoms with van der Waals surface area (Å²) < 4.78 is 0. The Morgan fingerprint density at radius 3 is 2.44 bits per heavy atom. The van der Waals surface area contributed by atoms with E-state index in [2.05, 4.69) is 13.8 Å². The van der Waals surface area contributed by atoms with Crippen molar-refractivity contribution in [1.82, 2.24) is 0 Å². The molecule has 3 heteroatoms. The zero-order valence-electron chi connectivity index (χ0n) is 10.5. The Balaban J connectivity index is 0.00000225. The molecule has 0 saturated carbocycles. The zero-order chi connectivity index (χ0) is 11.4. The van der Waals surface area contributed by atoms with E-state index >= 15 is 0 Å². The van der Waals surface area contributed by atoms with E-state index < -0.39 is 5.97 Å². The zero-order valence-corrected chi connectivity index (χ0v) is 12.5. The van der Waals surface area contributed by atoms with E-state index in [1.165, 1.54) is 0 Å². The van der Waals surface area contributed by atoms with Crippen LogP contribution in [0.5, 0.6) is 0 Å². The van der Waals surface area contributed by atoms with E-state index in [9.17, 15) is 9.90 Å². The minimum atomic E-state index is -1.07. The molecular formula is C13H17NaO2. The van der Waals surface area contributed by atoms with Crippen LogP contribution in [0.3, 0.4) is 0 Å². The molecule has 0 aliphatic rings. The van der Waals surface area contributed by atoms with Crippen molar-refractivity contribution in [3.05, 3.63) is 34.9 Å². The van der Waals surface area contributed by atoms with Crippen LogP contribution in [0.1, 0.15) is 54.6 Å². The third kappa shape index (κ3) is 3.34. The van der Waals surface area contributed by atoms with Gasteiger partial charge in [0.25, 0.3) is 0 Å². The Morgan fingerprint density at radius 2 is 2.00 bits per heavy atom. The molecule has 0 aliphatic heterocycles. The van der Waals surface area contributed by atoms with Gasteiger partial charge < -0.3 is 9.90 Å². The van der Waals surface area contributed by atoms with Crippen molar-refractivity contribution in [2.24, 2.45) is 0 Å². The summed E-state index contributed by atoms with van der Waals surface area (Å²) in [6.45, 7) is 6.16. The maximum absolute atomic E-state index is 11.0. The van der Waals surface area contributed by atoms with Crippen LogP contribution in [0, 0.1) is 0 Å². The molecule has 16 heavy (non-hydrogen) atoms. The number of hydrogen-bond acceptors (Lipinski definition) is 2. The number of carboxylic acids is 1. The minimum Gasteiger partial charge on any atom is -0.545 e. The minimum absolute atomic E-state index is 0. The van der Waals surface area contributed by atoms with Crippen LogP contribution in [0.2, 0.25) is 0 Å². The van der Waals surface area contributed by atoms with Crippen molar-refractivity contribution >= 4 is 5.97 Å². The van der Waals surface area contributed by atoms with E-state index in [4.69, 9.17) is 0 Å². The van der Waals surface area contributed by atoms with Crippen LogP contribution < -0.4 is 34.7 Å². The number of carbonyl (C=O) groups excluding carboxylic acids is 1. The monoisotopic (exact) mass is 228 g/mol. The predicted molar refractivity (Wildman–Crippen MR) is 58.9 cm³/mol. The number of aromatic carboxylic acids is 1. The van der Waals surface area contributed by atoms with Gasteiger partial charge in [0, 0.05) is 5.56 Å². The van der Waals surface area contributed by atoms with E-state index in [1.807, 2.05) is 13.0 Å². The van der Waals surface area contributed by atoms with Crippen molar-refractivity contribution in [2.45, 2.75) is 39.5 Å². The number of rotatable bonds is 4. The normalized spacial score (nSPS) is 11.7. The van der Waals surface area contributed by atoms with E-state index in [0.717, 1.165) is 24.0 Å². The molecule has 1 atom stereocenters. The topological polar surface area (TPSA) is 40.1 Å². The maximum atomic E-state index is 11.0. The first-order chi connectivity index (χ1) is 7.11. The number of aryl methyl sites for hydroxylation is 1. The molecule has 2 nitrogen and oxygen atoms in total. The Kier molecular flexibility index (Phi) is 6.96. The second-order valence-electron chi connectivity index (χ2n) is 3.83. The van der Waals surface area contributed by atoms with E-state index in [-0.39, 0.29) is 35.5 Å². The summed E-state index contributed by atoms with van der Waals surface area (Å²) in [5.74, 6) is -0.797. The first kappa shape index (κ1) is 15.7. The van der Waals surface area contributed by atoms with Gasteiger partial charge in [0.15, 0.2) is 0 Å². The average molecular weight is 228 g/mol. The second kappa shape index (κ2) is 7.10. The Hall–Kier alpha value is -0.310.